The van der Waals surface area contributed by atoms with Crippen molar-refractivity contribution in [3.05, 3.63) is 35.4 Å². The van der Waals surface area contributed by atoms with Crippen molar-refractivity contribution in [2.75, 3.05) is 19.7 Å². The van der Waals surface area contributed by atoms with Gasteiger partial charge in [0.25, 0.3) is 0 Å². The number of nitrogens with zero attached hydrogens (tertiary/aromatic N) is 1. The van der Waals surface area contributed by atoms with E-state index in [2.05, 4.69) is 49.9 Å². The smallest absolute Gasteiger partial charge is 0.0900 e. The molecule has 4 unspecified atom stereocenters. The van der Waals surface area contributed by atoms with Gasteiger partial charge in [0.1, 0.15) is 0 Å². The number of hydrogen-bond acceptors (Lipinski definition) is 3. The van der Waals surface area contributed by atoms with Crippen molar-refractivity contribution in [2.45, 2.75) is 65.2 Å². The van der Waals surface area contributed by atoms with Gasteiger partial charge in [0.15, 0.2) is 0 Å². The molecular formula is C22H33NO2. The first-order valence-corrected chi connectivity index (χ1v) is 9.97. The molecule has 3 nitrogen and oxygen atoms in total. The normalized spacial score (nSPS) is 34.9. The van der Waals surface area contributed by atoms with Crippen molar-refractivity contribution in [1.82, 2.24) is 4.90 Å². The lowest BCUT2D eigenvalue weighted by Gasteiger charge is -2.42. The van der Waals surface area contributed by atoms with Crippen molar-refractivity contribution in [2.24, 2.45) is 16.7 Å². The highest BCUT2D eigenvalue weighted by molar-refractivity contribution is 5.29. The third-order valence-corrected chi connectivity index (χ3v) is 7.27. The highest BCUT2D eigenvalue weighted by atomic mass is 16.5. The molecule has 25 heavy (non-hydrogen) atoms. The fourth-order valence-electron chi connectivity index (χ4n) is 5.94. The second-order valence-corrected chi connectivity index (χ2v) is 9.54. The number of fused-ring (bicyclic) bond motifs is 3. The van der Waals surface area contributed by atoms with Crippen LogP contribution in [0.3, 0.4) is 0 Å². The quantitative estimate of drug-likeness (QED) is 0.886. The largest absolute Gasteiger partial charge is 0.389 e. The van der Waals surface area contributed by atoms with Gasteiger partial charge in [-0.3, -0.25) is 4.90 Å². The Morgan fingerprint density at radius 2 is 2.00 bits per heavy atom. The fourth-order valence-corrected chi connectivity index (χ4v) is 5.94. The van der Waals surface area contributed by atoms with E-state index in [1.807, 2.05) is 0 Å². The maximum absolute atomic E-state index is 10.6. The molecule has 0 amide bonds. The van der Waals surface area contributed by atoms with Crippen molar-refractivity contribution < 1.29 is 9.84 Å². The number of β-amino-alcohol motifs (C(OH)–C–C–N with tert-alkyl or cyclic N) is 1. The third-order valence-electron chi connectivity index (χ3n) is 7.27. The van der Waals surface area contributed by atoms with Crippen LogP contribution in [0.5, 0.6) is 0 Å². The molecule has 2 fully saturated rings. The van der Waals surface area contributed by atoms with Crippen LogP contribution in [-0.2, 0) is 17.7 Å². The van der Waals surface area contributed by atoms with E-state index < -0.39 is 6.10 Å². The molecule has 2 bridgehead atoms. The average Bonchev–Trinajstić information content (AvgIpc) is 3.05. The lowest BCUT2D eigenvalue weighted by atomic mass is 9.70. The SMILES string of the molecule is CC12CCC(C1)C(C)(C)C2OCC(O)CN1CCc2ccccc2C1. The molecule has 3 aliphatic rings. The molecule has 4 atom stereocenters. The van der Waals surface area contributed by atoms with Gasteiger partial charge in [0, 0.05) is 19.6 Å². The van der Waals surface area contributed by atoms with Crippen LogP contribution in [0.1, 0.15) is 51.2 Å². The van der Waals surface area contributed by atoms with Gasteiger partial charge >= 0.3 is 0 Å². The Hall–Kier alpha value is -0.900. The summed E-state index contributed by atoms with van der Waals surface area (Å²) < 4.78 is 6.35. The molecule has 1 heterocycles. The van der Waals surface area contributed by atoms with Gasteiger partial charge in [0.05, 0.1) is 18.8 Å². The van der Waals surface area contributed by atoms with Gasteiger partial charge in [-0.15, -0.1) is 0 Å². The van der Waals surface area contributed by atoms with Crippen LogP contribution in [0, 0.1) is 16.7 Å². The van der Waals surface area contributed by atoms with Crippen LogP contribution in [0.4, 0.5) is 0 Å². The van der Waals surface area contributed by atoms with E-state index in [0.29, 0.717) is 18.6 Å². The topological polar surface area (TPSA) is 32.7 Å². The van der Waals surface area contributed by atoms with Crippen molar-refractivity contribution >= 4 is 0 Å². The van der Waals surface area contributed by atoms with Crippen molar-refractivity contribution in [1.29, 1.82) is 0 Å². The molecule has 0 spiro atoms. The monoisotopic (exact) mass is 343 g/mol. The molecule has 1 N–H and O–H groups in total. The standard InChI is InChI=1S/C22H33NO2/c1-21(2)18-8-10-22(3,12-18)20(21)25-15-19(24)14-23-11-9-16-6-4-5-7-17(16)13-23/h4-7,18-20,24H,8-15H2,1-3H3. The van der Waals surface area contributed by atoms with Crippen LogP contribution in [-0.4, -0.2) is 41.9 Å². The Morgan fingerprint density at radius 3 is 2.72 bits per heavy atom. The zero-order valence-corrected chi connectivity index (χ0v) is 16.0. The summed E-state index contributed by atoms with van der Waals surface area (Å²) in [7, 11) is 0. The first-order valence-electron chi connectivity index (χ1n) is 9.97. The Morgan fingerprint density at radius 1 is 1.24 bits per heavy atom. The molecular weight excluding hydrogens is 310 g/mol. The minimum Gasteiger partial charge on any atom is -0.389 e. The summed E-state index contributed by atoms with van der Waals surface area (Å²) in [6.07, 6.45) is 4.89. The maximum atomic E-state index is 10.6. The van der Waals surface area contributed by atoms with E-state index in [1.54, 1.807) is 0 Å². The average molecular weight is 344 g/mol. The summed E-state index contributed by atoms with van der Waals surface area (Å²) in [5.41, 5.74) is 3.43. The summed E-state index contributed by atoms with van der Waals surface area (Å²) in [5.74, 6) is 0.790. The first kappa shape index (κ1) is 17.5. The number of benzene rings is 1. The van der Waals surface area contributed by atoms with Crippen LogP contribution in [0.25, 0.3) is 0 Å². The number of hydrogen-bond donors (Lipinski definition) is 1. The number of aliphatic hydroxyl groups is 1. The Balaban J connectivity index is 1.31. The van der Waals surface area contributed by atoms with Gasteiger partial charge in [-0.05, 0) is 53.6 Å². The molecule has 138 valence electrons. The van der Waals surface area contributed by atoms with Crippen LogP contribution in [0.15, 0.2) is 24.3 Å². The Kier molecular flexibility index (Phi) is 4.46. The number of rotatable bonds is 5. The summed E-state index contributed by atoms with van der Waals surface area (Å²) in [6, 6.07) is 8.67. The summed E-state index contributed by atoms with van der Waals surface area (Å²) in [4.78, 5) is 2.37. The highest BCUT2D eigenvalue weighted by Gasteiger charge is 2.60. The van der Waals surface area contributed by atoms with E-state index in [4.69, 9.17) is 4.74 Å². The molecule has 3 heteroatoms. The van der Waals surface area contributed by atoms with E-state index in [0.717, 1.165) is 25.4 Å². The van der Waals surface area contributed by atoms with Gasteiger partial charge in [-0.1, -0.05) is 45.0 Å². The zero-order chi connectivity index (χ0) is 17.7. The number of aliphatic hydroxyl groups excluding tert-OH is 1. The molecule has 1 aromatic carbocycles. The van der Waals surface area contributed by atoms with Crippen LogP contribution >= 0.6 is 0 Å². The van der Waals surface area contributed by atoms with Gasteiger partial charge in [-0.25, -0.2) is 0 Å². The molecule has 0 aromatic heterocycles. The molecule has 0 saturated heterocycles. The van der Waals surface area contributed by atoms with Crippen molar-refractivity contribution in [3.8, 4) is 0 Å². The van der Waals surface area contributed by atoms with E-state index in [-0.39, 0.29) is 11.5 Å². The molecule has 2 saturated carbocycles. The zero-order valence-electron chi connectivity index (χ0n) is 16.0. The maximum Gasteiger partial charge on any atom is 0.0900 e. The summed E-state index contributed by atoms with van der Waals surface area (Å²) in [5, 5.41) is 10.6. The lowest BCUT2D eigenvalue weighted by Crippen LogP contribution is -2.45. The second kappa shape index (κ2) is 6.37. The van der Waals surface area contributed by atoms with Gasteiger partial charge in [0.2, 0.25) is 0 Å². The molecule has 1 aromatic rings. The first-order chi connectivity index (χ1) is 11.9. The van der Waals surface area contributed by atoms with Crippen LogP contribution < -0.4 is 0 Å². The Labute approximate surface area is 152 Å². The summed E-state index contributed by atoms with van der Waals surface area (Å²) in [6.45, 7) is 10.3. The highest BCUT2D eigenvalue weighted by Crippen LogP contribution is 2.63. The second-order valence-electron chi connectivity index (χ2n) is 9.54. The minimum atomic E-state index is -0.399. The van der Waals surface area contributed by atoms with E-state index >= 15 is 0 Å². The van der Waals surface area contributed by atoms with Gasteiger partial charge < -0.3 is 9.84 Å². The Bertz CT molecular complexity index is 623. The predicted molar refractivity (Wildman–Crippen MR) is 100 cm³/mol. The van der Waals surface area contributed by atoms with E-state index in [9.17, 15) is 5.11 Å². The van der Waals surface area contributed by atoms with Gasteiger partial charge in [-0.2, -0.15) is 0 Å². The summed E-state index contributed by atoms with van der Waals surface area (Å²) >= 11 is 0. The van der Waals surface area contributed by atoms with Crippen molar-refractivity contribution in [3.63, 3.8) is 0 Å². The molecule has 2 aliphatic carbocycles. The fraction of sp³-hybridized carbons (Fsp3) is 0.727. The van der Waals surface area contributed by atoms with Crippen LogP contribution in [0.2, 0.25) is 0 Å². The number of ether oxygens (including phenoxy) is 1. The molecule has 4 rings (SSSR count). The van der Waals surface area contributed by atoms with E-state index in [1.165, 1.54) is 30.4 Å². The lowest BCUT2D eigenvalue weighted by molar-refractivity contribution is -0.113. The minimum absolute atomic E-state index is 0.247. The predicted octanol–water partition coefficient (Wildman–Crippen LogP) is 3.64. The molecule has 0 radical (unpaired) electrons. The third kappa shape index (κ3) is 3.15. The molecule has 1 aliphatic heterocycles.